The van der Waals surface area contributed by atoms with Crippen LogP contribution in [0.15, 0.2) is 23.1 Å². The van der Waals surface area contributed by atoms with Crippen LogP contribution in [-0.4, -0.2) is 35.8 Å². The number of nitrogens with one attached hydrogen (secondary N) is 2. The summed E-state index contributed by atoms with van der Waals surface area (Å²) in [5, 5.41) is 5.85. The van der Waals surface area contributed by atoms with Gasteiger partial charge < -0.3 is 15.4 Å². The minimum absolute atomic E-state index is 0.333. The Kier molecular flexibility index (Phi) is 7.33. The normalized spacial score (nSPS) is 16.3. The first-order valence-electron chi connectivity index (χ1n) is 7.86. The number of rotatable bonds is 7. The van der Waals surface area contributed by atoms with Gasteiger partial charge in [0.2, 0.25) is 0 Å². The number of anilines is 1. The van der Waals surface area contributed by atoms with Gasteiger partial charge in [0.1, 0.15) is 0 Å². The Morgan fingerprint density at radius 3 is 2.83 bits per heavy atom. The van der Waals surface area contributed by atoms with Crippen LogP contribution in [0.1, 0.15) is 32.1 Å². The Labute approximate surface area is 144 Å². The van der Waals surface area contributed by atoms with Gasteiger partial charge >= 0.3 is 6.03 Å². The Hall–Kier alpha value is -1.11. The molecule has 0 aromatic heterocycles. The molecule has 0 bridgehead atoms. The van der Waals surface area contributed by atoms with Gasteiger partial charge in [0.15, 0.2) is 0 Å². The van der Waals surface area contributed by atoms with Crippen LogP contribution in [0.4, 0.5) is 10.5 Å². The number of ether oxygens (including phenoxy) is 1. The van der Waals surface area contributed by atoms with Gasteiger partial charge in [-0.2, -0.15) is 0 Å². The molecule has 0 radical (unpaired) electrons. The molecule has 1 fully saturated rings. The second-order valence-corrected chi connectivity index (χ2v) is 7.31. The Bertz CT molecular complexity index is 562. The number of halogens is 1. The van der Waals surface area contributed by atoms with Crippen LogP contribution in [0.2, 0.25) is 5.02 Å². The summed E-state index contributed by atoms with van der Waals surface area (Å²) in [6.07, 6.45) is 7.52. The van der Waals surface area contributed by atoms with E-state index in [0.29, 0.717) is 34.9 Å². The summed E-state index contributed by atoms with van der Waals surface area (Å²) in [6.45, 7) is 1.19. The predicted octanol–water partition coefficient (Wildman–Crippen LogP) is 3.55. The number of benzene rings is 1. The SMILES string of the molecule is CS(=O)c1c(Cl)cccc1NC(=O)NCCCOC1CCCC1. The number of urea groups is 1. The maximum atomic E-state index is 11.9. The average Bonchev–Trinajstić information content (AvgIpc) is 2.99. The molecule has 0 saturated heterocycles. The number of amides is 2. The third kappa shape index (κ3) is 5.79. The second kappa shape index (κ2) is 9.25. The van der Waals surface area contributed by atoms with Crippen molar-refractivity contribution >= 4 is 34.1 Å². The summed E-state index contributed by atoms with van der Waals surface area (Å²) >= 11 is 6.03. The van der Waals surface area contributed by atoms with Crippen molar-refractivity contribution in [3.8, 4) is 0 Å². The van der Waals surface area contributed by atoms with Gasteiger partial charge in [-0.3, -0.25) is 4.21 Å². The highest BCUT2D eigenvalue weighted by molar-refractivity contribution is 7.84. The van der Waals surface area contributed by atoms with E-state index in [9.17, 15) is 9.00 Å². The molecular formula is C16H23ClN2O3S. The third-order valence-electron chi connectivity index (χ3n) is 3.77. The van der Waals surface area contributed by atoms with Crippen molar-refractivity contribution in [3.05, 3.63) is 23.2 Å². The fraction of sp³-hybridized carbons (Fsp3) is 0.562. The first kappa shape index (κ1) is 18.2. The molecule has 2 rings (SSSR count). The number of hydrogen-bond acceptors (Lipinski definition) is 3. The van der Waals surface area contributed by atoms with E-state index in [0.717, 1.165) is 19.3 Å². The Morgan fingerprint density at radius 2 is 2.13 bits per heavy atom. The molecule has 2 N–H and O–H groups in total. The lowest BCUT2D eigenvalue weighted by Gasteiger charge is -2.13. The van der Waals surface area contributed by atoms with Crippen molar-refractivity contribution in [2.75, 3.05) is 24.7 Å². The Morgan fingerprint density at radius 1 is 1.39 bits per heavy atom. The zero-order valence-corrected chi connectivity index (χ0v) is 14.8. The van der Waals surface area contributed by atoms with Crippen LogP contribution in [0.25, 0.3) is 0 Å². The fourth-order valence-corrected chi connectivity index (χ4v) is 3.92. The molecule has 2 amide bonds. The number of hydrogen-bond donors (Lipinski definition) is 2. The number of carbonyl (C=O) groups is 1. The first-order valence-corrected chi connectivity index (χ1v) is 9.80. The van der Waals surface area contributed by atoms with Crippen LogP contribution in [-0.2, 0) is 15.5 Å². The molecule has 5 nitrogen and oxygen atoms in total. The van der Waals surface area contributed by atoms with E-state index in [1.807, 2.05) is 0 Å². The molecule has 0 heterocycles. The second-order valence-electron chi connectivity index (χ2n) is 5.58. The van der Waals surface area contributed by atoms with Gasteiger partial charge in [-0.25, -0.2) is 4.79 Å². The van der Waals surface area contributed by atoms with E-state index < -0.39 is 10.8 Å². The summed E-state index contributed by atoms with van der Waals surface area (Å²) in [7, 11) is -1.27. The zero-order valence-electron chi connectivity index (χ0n) is 13.3. The molecular weight excluding hydrogens is 336 g/mol. The first-order chi connectivity index (χ1) is 11.1. The van der Waals surface area contributed by atoms with Crippen molar-refractivity contribution < 1.29 is 13.7 Å². The minimum atomic E-state index is -1.27. The molecule has 7 heteroatoms. The Balaban J connectivity index is 1.72. The smallest absolute Gasteiger partial charge is 0.319 e. The van der Waals surface area contributed by atoms with Gasteiger partial charge in [0.05, 0.1) is 32.5 Å². The fourth-order valence-electron chi connectivity index (χ4n) is 2.65. The molecule has 128 valence electrons. The van der Waals surface area contributed by atoms with E-state index in [1.165, 1.54) is 19.1 Å². The third-order valence-corrected chi connectivity index (χ3v) is 5.21. The predicted molar refractivity (Wildman–Crippen MR) is 93.6 cm³/mol. The van der Waals surface area contributed by atoms with Crippen LogP contribution < -0.4 is 10.6 Å². The summed E-state index contributed by atoms with van der Waals surface area (Å²) in [6, 6.07) is 4.72. The molecule has 0 aliphatic heterocycles. The monoisotopic (exact) mass is 358 g/mol. The highest BCUT2D eigenvalue weighted by atomic mass is 35.5. The van der Waals surface area contributed by atoms with Crippen LogP contribution >= 0.6 is 11.6 Å². The van der Waals surface area contributed by atoms with Crippen molar-refractivity contribution in [2.24, 2.45) is 0 Å². The average molecular weight is 359 g/mol. The quantitative estimate of drug-likeness (QED) is 0.732. The van der Waals surface area contributed by atoms with Crippen LogP contribution in [0.3, 0.4) is 0 Å². The molecule has 23 heavy (non-hydrogen) atoms. The highest BCUT2D eigenvalue weighted by Gasteiger charge is 2.15. The molecule has 1 saturated carbocycles. The largest absolute Gasteiger partial charge is 0.378 e. The van der Waals surface area contributed by atoms with Gasteiger partial charge in [-0.15, -0.1) is 0 Å². The summed E-state index contributed by atoms with van der Waals surface area (Å²) in [5.41, 5.74) is 0.470. The maximum Gasteiger partial charge on any atom is 0.319 e. The lowest BCUT2D eigenvalue weighted by atomic mass is 10.3. The highest BCUT2D eigenvalue weighted by Crippen LogP contribution is 2.27. The molecule has 1 aromatic carbocycles. The molecule has 1 aliphatic rings. The summed E-state index contributed by atoms with van der Waals surface area (Å²) in [4.78, 5) is 12.4. The van der Waals surface area contributed by atoms with Crippen LogP contribution in [0.5, 0.6) is 0 Å². The molecule has 1 unspecified atom stereocenters. The van der Waals surface area contributed by atoms with Crippen molar-refractivity contribution in [2.45, 2.75) is 43.1 Å². The van der Waals surface area contributed by atoms with Gasteiger partial charge in [-0.1, -0.05) is 30.5 Å². The molecule has 0 spiro atoms. The van der Waals surface area contributed by atoms with Gasteiger partial charge in [0, 0.05) is 19.4 Å². The summed E-state index contributed by atoms with van der Waals surface area (Å²) < 4.78 is 17.5. The van der Waals surface area contributed by atoms with E-state index >= 15 is 0 Å². The number of carbonyl (C=O) groups excluding carboxylic acids is 1. The molecule has 1 atom stereocenters. The van der Waals surface area contributed by atoms with Gasteiger partial charge in [-0.05, 0) is 31.4 Å². The molecule has 1 aromatic rings. The maximum absolute atomic E-state index is 11.9. The standard InChI is InChI=1S/C16H23ClN2O3S/c1-23(21)15-13(17)8-4-9-14(15)19-16(20)18-10-5-11-22-12-6-2-3-7-12/h4,8-9,12H,2-3,5-7,10-11H2,1H3,(H2,18,19,20). The van der Waals surface area contributed by atoms with E-state index in [1.54, 1.807) is 18.2 Å². The minimum Gasteiger partial charge on any atom is -0.378 e. The van der Waals surface area contributed by atoms with E-state index in [-0.39, 0.29) is 6.03 Å². The van der Waals surface area contributed by atoms with E-state index in [2.05, 4.69) is 10.6 Å². The lowest BCUT2D eigenvalue weighted by Crippen LogP contribution is -2.30. The molecule has 1 aliphatic carbocycles. The lowest BCUT2D eigenvalue weighted by molar-refractivity contribution is 0.0572. The van der Waals surface area contributed by atoms with Gasteiger partial charge in [0.25, 0.3) is 0 Å². The van der Waals surface area contributed by atoms with Crippen LogP contribution in [0, 0.1) is 0 Å². The van der Waals surface area contributed by atoms with Crippen molar-refractivity contribution in [1.29, 1.82) is 0 Å². The van der Waals surface area contributed by atoms with E-state index in [4.69, 9.17) is 16.3 Å². The summed E-state index contributed by atoms with van der Waals surface area (Å²) in [5.74, 6) is 0. The zero-order chi connectivity index (χ0) is 16.7. The topological polar surface area (TPSA) is 67.4 Å². The van der Waals surface area contributed by atoms with Crippen molar-refractivity contribution in [3.63, 3.8) is 0 Å². The van der Waals surface area contributed by atoms with Crippen molar-refractivity contribution in [1.82, 2.24) is 5.32 Å².